The van der Waals surface area contributed by atoms with Gasteiger partial charge in [-0.25, -0.2) is 0 Å². The average molecular weight is 251 g/mol. The summed E-state index contributed by atoms with van der Waals surface area (Å²) in [4.78, 5) is 0. The van der Waals surface area contributed by atoms with Crippen LogP contribution in [-0.4, -0.2) is 13.1 Å². The minimum atomic E-state index is 0.761. The van der Waals surface area contributed by atoms with Crippen LogP contribution in [-0.2, 0) is 0 Å². The van der Waals surface area contributed by atoms with Gasteiger partial charge in [0, 0.05) is 0 Å². The van der Waals surface area contributed by atoms with E-state index in [0.717, 1.165) is 30.2 Å². The first-order valence-corrected chi connectivity index (χ1v) is 7.88. The molecule has 18 heavy (non-hydrogen) atoms. The predicted molar refractivity (Wildman–Crippen MR) is 81.8 cm³/mol. The van der Waals surface area contributed by atoms with Gasteiger partial charge in [0.05, 0.1) is 0 Å². The Bertz CT molecular complexity index is 244. The van der Waals surface area contributed by atoms with Crippen LogP contribution >= 0.6 is 0 Å². The van der Waals surface area contributed by atoms with Crippen LogP contribution < -0.4 is 5.32 Å². The summed E-state index contributed by atoms with van der Waals surface area (Å²) in [6.45, 7) is 15.6. The van der Waals surface area contributed by atoms with Gasteiger partial charge in [0.1, 0.15) is 0 Å². The number of rotatable bonds is 7. The monoisotopic (exact) mass is 251 g/mol. The standard InChI is InChI=1S/C17H33N/c1-6-15-7-8-16(12-18-11-14(4)5)17(10-15)9-13(2)3/h14-18H,2,6-12H2,1,3-5H3. The molecule has 106 valence electrons. The van der Waals surface area contributed by atoms with Crippen molar-refractivity contribution in [2.75, 3.05) is 13.1 Å². The van der Waals surface area contributed by atoms with Gasteiger partial charge in [0.15, 0.2) is 0 Å². The molecular weight excluding hydrogens is 218 g/mol. The lowest BCUT2D eigenvalue weighted by atomic mass is 9.71. The van der Waals surface area contributed by atoms with Gasteiger partial charge >= 0.3 is 0 Å². The van der Waals surface area contributed by atoms with Crippen molar-refractivity contribution in [1.82, 2.24) is 5.32 Å². The molecule has 1 aliphatic carbocycles. The summed E-state index contributed by atoms with van der Waals surface area (Å²) in [6, 6.07) is 0. The second-order valence-electron chi connectivity index (χ2n) is 6.82. The van der Waals surface area contributed by atoms with E-state index in [1.807, 2.05) is 0 Å². The van der Waals surface area contributed by atoms with Crippen molar-refractivity contribution in [1.29, 1.82) is 0 Å². The van der Waals surface area contributed by atoms with Crippen LogP contribution in [0.4, 0.5) is 0 Å². The maximum absolute atomic E-state index is 4.12. The molecule has 0 aromatic carbocycles. The summed E-state index contributed by atoms with van der Waals surface area (Å²) in [5, 5.41) is 3.66. The minimum Gasteiger partial charge on any atom is -0.316 e. The van der Waals surface area contributed by atoms with Crippen LogP contribution in [0.5, 0.6) is 0 Å². The third-order valence-corrected chi connectivity index (χ3v) is 4.40. The highest BCUT2D eigenvalue weighted by Gasteiger charge is 2.29. The quantitative estimate of drug-likeness (QED) is 0.650. The fraction of sp³-hybridized carbons (Fsp3) is 0.882. The fourth-order valence-electron chi connectivity index (χ4n) is 3.32. The minimum absolute atomic E-state index is 0.761. The number of nitrogens with one attached hydrogen (secondary N) is 1. The van der Waals surface area contributed by atoms with Crippen LogP contribution in [0, 0.1) is 23.7 Å². The van der Waals surface area contributed by atoms with Gasteiger partial charge < -0.3 is 5.32 Å². The first kappa shape index (κ1) is 15.8. The molecule has 0 bridgehead atoms. The summed E-state index contributed by atoms with van der Waals surface area (Å²) in [7, 11) is 0. The Morgan fingerprint density at radius 3 is 2.56 bits per heavy atom. The van der Waals surface area contributed by atoms with Crippen molar-refractivity contribution in [3.63, 3.8) is 0 Å². The molecule has 1 N–H and O–H groups in total. The largest absolute Gasteiger partial charge is 0.316 e. The molecule has 0 aromatic heterocycles. The molecule has 0 saturated heterocycles. The zero-order chi connectivity index (χ0) is 13.5. The highest BCUT2D eigenvalue weighted by Crippen LogP contribution is 2.38. The molecule has 0 spiro atoms. The number of allylic oxidation sites excluding steroid dienone is 1. The predicted octanol–water partition coefficient (Wildman–Crippen LogP) is 4.64. The van der Waals surface area contributed by atoms with Gasteiger partial charge in [-0.15, -0.1) is 6.58 Å². The van der Waals surface area contributed by atoms with Crippen LogP contribution in [0.15, 0.2) is 12.2 Å². The number of hydrogen-bond acceptors (Lipinski definition) is 1. The third kappa shape index (κ3) is 5.56. The summed E-state index contributed by atoms with van der Waals surface area (Å²) in [5.41, 5.74) is 1.37. The Balaban J connectivity index is 2.44. The lowest BCUT2D eigenvalue weighted by Gasteiger charge is -2.36. The van der Waals surface area contributed by atoms with Crippen molar-refractivity contribution >= 4 is 0 Å². The molecule has 1 saturated carbocycles. The highest BCUT2D eigenvalue weighted by atomic mass is 14.9. The van der Waals surface area contributed by atoms with Crippen molar-refractivity contribution in [2.24, 2.45) is 23.7 Å². The Morgan fingerprint density at radius 1 is 1.28 bits per heavy atom. The molecule has 1 fully saturated rings. The molecule has 1 heteroatoms. The molecule has 0 radical (unpaired) electrons. The van der Waals surface area contributed by atoms with Gasteiger partial charge in [0.25, 0.3) is 0 Å². The maximum Gasteiger partial charge on any atom is -0.00176 e. The first-order chi connectivity index (χ1) is 8.52. The van der Waals surface area contributed by atoms with E-state index < -0.39 is 0 Å². The normalized spacial score (nSPS) is 28.6. The first-order valence-electron chi connectivity index (χ1n) is 7.88. The van der Waals surface area contributed by atoms with E-state index in [-0.39, 0.29) is 0 Å². The average Bonchev–Trinajstić information content (AvgIpc) is 2.29. The molecule has 0 aliphatic heterocycles. The summed E-state index contributed by atoms with van der Waals surface area (Å²) in [5.74, 6) is 3.48. The Morgan fingerprint density at radius 2 is 2.00 bits per heavy atom. The molecule has 1 aliphatic rings. The third-order valence-electron chi connectivity index (χ3n) is 4.40. The van der Waals surface area contributed by atoms with Crippen LogP contribution in [0.2, 0.25) is 0 Å². The molecular formula is C17H33N. The Labute approximate surface area is 114 Å². The molecule has 1 nitrogen and oxygen atoms in total. The van der Waals surface area contributed by atoms with E-state index >= 15 is 0 Å². The van der Waals surface area contributed by atoms with Gasteiger partial charge in [-0.3, -0.25) is 0 Å². The van der Waals surface area contributed by atoms with Crippen molar-refractivity contribution in [2.45, 2.75) is 59.8 Å². The van der Waals surface area contributed by atoms with Gasteiger partial charge in [-0.1, -0.05) is 39.2 Å². The van der Waals surface area contributed by atoms with Gasteiger partial charge in [-0.2, -0.15) is 0 Å². The van der Waals surface area contributed by atoms with Gasteiger partial charge in [0.2, 0.25) is 0 Å². The van der Waals surface area contributed by atoms with E-state index in [0.29, 0.717) is 0 Å². The summed E-state index contributed by atoms with van der Waals surface area (Å²) in [6.07, 6.45) is 6.89. The highest BCUT2D eigenvalue weighted by molar-refractivity contribution is 4.94. The Kier molecular flexibility index (Phi) is 6.99. The Hall–Kier alpha value is -0.300. The van der Waals surface area contributed by atoms with E-state index in [2.05, 4.69) is 39.6 Å². The van der Waals surface area contributed by atoms with Crippen LogP contribution in [0.25, 0.3) is 0 Å². The van der Waals surface area contributed by atoms with Gasteiger partial charge in [-0.05, 0) is 62.9 Å². The summed E-state index contributed by atoms with van der Waals surface area (Å²) < 4.78 is 0. The number of hydrogen-bond donors (Lipinski definition) is 1. The van der Waals surface area contributed by atoms with Crippen molar-refractivity contribution < 1.29 is 0 Å². The molecule has 3 unspecified atom stereocenters. The van der Waals surface area contributed by atoms with E-state index in [9.17, 15) is 0 Å². The molecule has 1 rings (SSSR count). The second-order valence-corrected chi connectivity index (χ2v) is 6.82. The maximum atomic E-state index is 4.12. The molecule has 0 aromatic rings. The van der Waals surface area contributed by atoms with E-state index in [4.69, 9.17) is 0 Å². The second kappa shape index (κ2) is 7.99. The van der Waals surface area contributed by atoms with E-state index in [1.165, 1.54) is 44.2 Å². The van der Waals surface area contributed by atoms with Crippen molar-refractivity contribution in [3.8, 4) is 0 Å². The lowest BCUT2D eigenvalue weighted by Crippen LogP contribution is -2.34. The lowest BCUT2D eigenvalue weighted by molar-refractivity contribution is 0.170. The van der Waals surface area contributed by atoms with Crippen molar-refractivity contribution in [3.05, 3.63) is 12.2 Å². The summed E-state index contributed by atoms with van der Waals surface area (Å²) >= 11 is 0. The van der Waals surface area contributed by atoms with E-state index in [1.54, 1.807) is 0 Å². The topological polar surface area (TPSA) is 12.0 Å². The van der Waals surface area contributed by atoms with Crippen LogP contribution in [0.1, 0.15) is 59.8 Å². The SMILES string of the molecule is C=C(C)CC1CC(CC)CCC1CNCC(C)C. The van der Waals surface area contributed by atoms with Crippen LogP contribution in [0.3, 0.4) is 0 Å². The molecule has 0 amide bonds. The smallest absolute Gasteiger partial charge is 0.00176 e. The zero-order valence-corrected chi connectivity index (χ0v) is 13.0. The molecule has 3 atom stereocenters. The fourth-order valence-corrected chi connectivity index (χ4v) is 3.32. The molecule has 0 heterocycles. The zero-order valence-electron chi connectivity index (χ0n) is 13.0.